The maximum atomic E-state index is 12.3. The van der Waals surface area contributed by atoms with Crippen molar-refractivity contribution in [3.63, 3.8) is 0 Å². The zero-order valence-electron chi connectivity index (χ0n) is 12.5. The molecule has 1 amide bonds. The summed E-state index contributed by atoms with van der Waals surface area (Å²) in [5.41, 5.74) is 7.47. The van der Waals surface area contributed by atoms with Crippen molar-refractivity contribution >= 4 is 11.8 Å². The molecule has 3 aromatic rings. The van der Waals surface area contributed by atoms with Gasteiger partial charge in [-0.2, -0.15) is 0 Å². The average Bonchev–Trinajstić information content (AvgIpc) is 3.21. The van der Waals surface area contributed by atoms with E-state index in [-0.39, 0.29) is 17.4 Å². The van der Waals surface area contributed by atoms with E-state index in [1.54, 1.807) is 12.1 Å². The zero-order valence-corrected chi connectivity index (χ0v) is 12.5. The van der Waals surface area contributed by atoms with Crippen LogP contribution in [-0.4, -0.2) is 17.6 Å². The van der Waals surface area contributed by atoms with Gasteiger partial charge in [0.2, 0.25) is 5.88 Å². The number of amides is 1. The van der Waals surface area contributed by atoms with Gasteiger partial charge in [0, 0.05) is 6.54 Å². The first-order valence-electron chi connectivity index (χ1n) is 7.37. The minimum atomic E-state index is -0.316. The Morgan fingerprint density at radius 3 is 2.74 bits per heavy atom. The lowest BCUT2D eigenvalue weighted by Crippen LogP contribution is -2.25. The van der Waals surface area contributed by atoms with E-state index in [1.165, 1.54) is 11.8 Å². The first-order valence-corrected chi connectivity index (χ1v) is 7.37. The Kier molecular flexibility index (Phi) is 4.42. The molecule has 3 rings (SSSR count). The van der Waals surface area contributed by atoms with Crippen molar-refractivity contribution in [2.45, 2.75) is 12.8 Å². The Morgan fingerprint density at radius 1 is 1.17 bits per heavy atom. The van der Waals surface area contributed by atoms with E-state index in [2.05, 4.69) is 22.6 Å². The van der Waals surface area contributed by atoms with Crippen LogP contribution in [0.2, 0.25) is 0 Å². The number of hydrogen-bond acceptors (Lipinski definition) is 5. The van der Waals surface area contributed by atoms with Crippen LogP contribution in [0.1, 0.15) is 22.3 Å². The Labute approximate surface area is 133 Å². The van der Waals surface area contributed by atoms with Crippen LogP contribution >= 0.6 is 0 Å². The van der Waals surface area contributed by atoms with Crippen LogP contribution in [0, 0.1) is 0 Å². The molecule has 0 unspecified atom stereocenters. The number of nitrogens with zero attached hydrogens (tertiary/aromatic N) is 1. The lowest BCUT2D eigenvalue weighted by Gasteiger charge is -2.05. The van der Waals surface area contributed by atoms with Gasteiger partial charge in [-0.05, 0) is 30.5 Å². The summed E-state index contributed by atoms with van der Waals surface area (Å²) in [5, 5.41) is 6.64. The third-order valence-corrected chi connectivity index (χ3v) is 3.47. The Balaban J connectivity index is 1.60. The molecule has 0 atom stereocenters. The number of nitrogens with two attached hydrogens (primary N) is 1. The van der Waals surface area contributed by atoms with Crippen molar-refractivity contribution < 1.29 is 13.7 Å². The maximum absolute atomic E-state index is 12.3. The Morgan fingerprint density at radius 2 is 2.00 bits per heavy atom. The first kappa shape index (κ1) is 14.9. The van der Waals surface area contributed by atoms with Crippen molar-refractivity contribution in [3.05, 3.63) is 59.9 Å². The summed E-state index contributed by atoms with van der Waals surface area (Å²) in [7, 11) is 0. The number of nitrogens with one attached hydrogen (secondary N) is 1. The fourth-order valence-corrected chi connectivity index (χ4v) is 2.33. The Hall–Kier alpha value is -3.02. The number of hydrogen-bond donors (Lipinski definition) is 2. The predicted molar refractivity (Wildman–Crippen MR) is 85.7 cm³/mol. The first-order chi connectivity index (χ1) is 11.3. The summed E-state index contributed by atoms with van der Waals surface area (Å²) in [6.45, 7) is 0.538. The largest absolute Gasteiger partial charge is 0.463 e. The van der Waals surface area contributed by atoms with Crippen molar-refractivity contribution in [1.82, 2.24) is 10.5 Å². The highest BCUT2D eigenvalue weighted by Gasteiger charge is 2.23. The lowest BCUT2D eigenvalue weighted by atomic mass is 10.1. The second kappa shape index (κ2) is 6.83. The van der Waals surface area contributed by atoms with E-state index in [0.29, 0.717) is 18.0 Å². The van der Waals surface area contributed by atoms with Gasteiger partial charge in [0.05, 0.1) is 6.26 Å². The molecular weight excluding hydrogens is 294 g/mol. The molecule has 2 aromatic heterocycles. The summed E-state index contributed by atoms with van der Waals surface area (Å²) in [6, 6.07) is 13.5. The minimum Gasteiger partial charge on any atom is -0.463 e. The molecule has 1 aromatic carbocycles. The Bertz CT molecular complexity index is 764. The number of aryl methyl sites for hydroxylation is 1. The van der Waals surface area contributed by atoms with Crippen molar-refractivity contribution in [2.24, 2.45) is 0 Å². The van der Waals surface area contributed by atoms with E-state index in [9.17, 15) is 4.79 Å². The number of carbonyl (C=O) groups is 1. The van der Waals surface area contributed by atoms with Gasteiger partial charge in [0.15, 0.2) is 11.5 Å². The smallest absolute Gasteiger partial charge is 0.259 e. The van der Waals surface area contributed by atoms with Crippen LogP contribution in [0.5, 0.6) is 0 Å². The van der Waals surface area contributed by atoms with Crippen LogP contribution in [0.15, 0.2) is 57.7 Å². The third kappa shape index (κ3) is 3.42. The fourth-order valence-electron chi connectivity index (χ4n) is 2.33. The van der Waals surface area contributed by atoms with Gasteiger partial charge in [0.25, 0.3) is 5.91 Å². The lowest BCUT2D eigenvalue weighted by molar-refractivity contribution is 0.0954. The quantitative estimate of drug-likeness (QED) is 0.683. The molecule has 0 saturated carbocycles. The number of aromatic nitrogens is 1. The molecule has 2 heterocycles. The topological polar surface area (TPSA) is 94.3 Å². The zero-order chi connectivity index (χ0) is 16.1. The van der Waals surface area contributed by atoms with E-state index >= 15 is 0 Å². The molecule has 0 bridgehead atoms. The van der Waals surface area contributed by atoms with Crippen LogP contribution in [0.25, 0.3) is 11.5 Å². The standard InChI is InChI=1S/C17H17N3O3/c18-16-14(15(20-23-16)13-9-5-11-22-13)17(21)19-10-4-8-12-6-2-1-3-7-12/h1-3,5-7,9,11H,4,8,10,18H2,(H,19,21). The van der Waals surface area contributed by atoms with Gasteiger partial charge in [-0.1, -0.05) is 35.5 Å². The molecule has 6 heteroatoms. The second-order valence-electron chi connectivity index (χ2n) is 5.09. The fraction of sp³-hybridized carbons (Fsp3) is 0.176. The van der Waals surface area contributed by atoms with Crippen molar-refractivity contribution in [3.8, 4) is 11.5 Å². The number of benzene rings is 1. The van der Waals surface area contributed by atoms with E-state index in [0.717, 1.165) is 12.8 Å². The summed E-state index contributed by atoms with van der Waals surface area (Å²) in [5.74, 6) is 0.111. The summed E-state index contributed by atoms with van der Waals surface area (Å²) in [6.07, 6.45) is 3.23. The number of nitrogen functional groups attached to an aromatic ring is 1. The molecule has 0 radical (unpaired) electrons. The molecule has 0 fully saturated rings. The van der Waals surface area contributed by atoms with Crippen LogP contribution < -0.4 is 11.1 Å². The van der Waals surface area contributed by atoms with Gasteiger partial charge in [-0.3, -0.25) is 4.79 Å². The van der Waals surface area contributed by atoms with Gasteiger partial charge >= 0.3 is 0 Å². The minimum absolute atomic E-state index is 0.0167. The van der Waals surface area contributed by atoms with Crippen LogP contribution in [-0.2, 0) is 6.42 Å². The highest BCUT2D eigenvalue weighted by atomic mass is 16.5. The molecule has 0 aliphatic heterocycles. The molecule has 0 spiro atoms. The van der Waals surface area contributed by atoms with Crippen LogP contribution in [0.3, 0.4) is 0 Å². The third-order valence-electron chi connectivity index (χ3n) is 3.47. The van der Waals surface area contributed by atoms with E-state index in [4.69, 9.17) is 14.7 Å². The molecular formula is C17H17N3O3. The monoisotopic (exact) mass is 311 g/mol. The SMILES string of the molecule is Nc1onc(-c2ccco2)c1C(=O)NCCCc1ccccc1. The number of rotatable bonds is 6. The molecule has 0 aliphatic carbocycles. The predicted octanol–water partition coefficient (Wildman–Crippen LogP) is 2.88. The van der Waals surface area contributed by atoms with Gasteiger partial charge < -0.3 is 20.0 Å². The summed E-state index contributed by atoms with van der Waals surface area (Å²) < 4.78 is 10.2. The average molecular weight is 311 g/mol. The van der Waals surface area contributed by atoms with E-state index in [1.807, 2.05) is 18.2 Å². The normalized spacial score (nSPS) is 10.6. The van der Waals surface area contributed by atoms with Crippen molar-refractivity contribution in [1.29, 1.82) is 0 Å². The number of carbonyl (C=O) groups excluding carboxylic acids is 1. The summed E-state index contributed by atoms with van der Waals surface area (Å²) >= 11 is 0. The molecule has 0 saturated heterocycles. The van der Waals surface area contributed by atoms with Crippen LogP contribution in [0.4, 0.5) is 5.88 Å². The number of anilines is 1. The summed E-state index contributed by atoms with van der Waals surface area (Å²) in [4.78, 5) is 12.3. The molecule has 23 heavy (non-hydrogen) atoms. The molecule has 6 nitrogen and oxygen atoms in total. The van der Waals surface area contributed by atoms with Gasteiger partial charge in [0.1, 0.15) is 5.56 Å². The highest BCUT2D eigenvalue weighted by Crippen LogP contribution is 2.27. The molecule has 0 aliphatic rings. The van der Waals surface area contributed by atoms with Gasteiger partial charge in [-0.25, -0.2) is 0 Å². The van der Waals surface area contributed by atoms with Gasteiger partial charge in [-0.15, -0.1) is 0 Å². The van der Waals surface area contributed by atoms with Crippen molar-refractivity contribution in [2.75, 3.05) is 12.3 Å². The maximum Gasteiger partial charge on any atom is 0.259 e. The molecule has 3 N–H and O–H groups in total. The molecule has 118 valence electrons. The van der Waals surface area contributed by atoms with E-state index < -0.39 is 0 Å². The second-order valence-corrected chi connectivity index (χ2v) is 5.09. The highest BCUT2D eigenvalue weighted by molar-refractivity contribution is 6.03. The number of furan rings is 1.